The molecule has 1 atom stereocenters. The molecule has 6 nitrogen and oxygen atoms in total. The highest BCUT2D eigenvalue weighted by atomic mass is 16.3. The van der Waals surface area contributed by atoms with Gasteiger partial charge in [0.1, 0.15) is 5.75 Å². The summed E-state index contributed by atoms with van der Waals surface area (Å²) >= 11 is 0. The number of hydrogen-bond acceptors (Lipinski definition) is 5. The molecule has 0 aliphatic carbocycles. The number of benzene rings is 2. The van der Waals surface area contributed by atoms with Crippen LogP contribution in [0.25, 0.3) is 11.0 Å². The zero-order valence-electron chi connectivity index (χ0n) is 12.0. The summed E-state index contributed by atoms with van der Waals surface area (Å²) < 4.78 is 1.95. The molecular formula is C16H15N5O. The van der Waals surface area contributed by atoms with Gasteiger partial charge < -0.3 is 10.8 Å². The van der Waals surface area contributed by atoms with E-state index in [1.807, 2.05) is 47.9 Å². The summed E-state index contributed by atoms with van der Waals surface area (Å²) in [5.41, 5.74) is 7.51. The summed E-state index contributed by atoms with van der Waals surface area (Å²) in [6.45, 7) is 1.91. The summed E-state index contributed by atoms with van der Waals surface area (Å²) in [6.07, 6.45) is 0. The largest absolute Gasteiger partial charge is 0.508 e. The first kappa shape index (κ1) is 12.7. The molecule has 1 unspecified atom stereocenters. The van der Waals surface area contributed by atoms with Crippen LogP contribution in [0, 0.1) is 0 Å². The van der Waals surface area contributed by atoms with Gasteiger partial charge in [-0.15, -0.1) is 0 Å². The molecule has 1 aliphatic rings. The quantitative estimate of drug-likeness (QED) is 0.642. The predicted octanol–water partition coefficient (Wildman–Crippen LogP) is 2.20. The molecule has 0 radical (unpaired) electrons. The van der Waals surface area contributed by atoms with E-state index in [1.165, 1.54) is 0 Å². The Morgan fingerprint density at radius 3 is 2.68 bits per heavy atom. The van der Waals surface area contributed by atoms with Gasteiger partial charge in [0.2, 0.25) is 5.95 Å². The van der Waals surface area contributed by atoms with Crippen LogP contribution in [-0.2, 0) is 5.66 Å². The van der Waals surface area contributed by atoms with E-state index in [2.05, 4.69) is 15.3 Å². The van der Waals surface area contributed by atoms with E-state index in [0.717, 1.165) is 11.0 Å². The van der Waals surface area contributed by atoms with Gasteiger partial charge in [-0.2, -0.15) is 0 Å². The third kappa shape index (κ3) is 1.60. The topological polar surface area (TPSA) is 88.5 Å². The van der Waals surface area contributed by atoms with Crippen molar-refractivity contribution in [2.75, 3.05) is 5.32 Å². The second kappa shape index (κ2) is 4.24. The number of imidazole rings is 1. The lowest BCUT2D eigenvalue weighted by molar-refractivity contribution is 0.388. The highest BCUT2D eigenvalue weighted by Crippen LogP contribution is 2.40. The standard InChI is InChI=1S/C16H15N5O/c1-16(10-6-2-5-9-13(10)22)20-14(17)19-15-18-11-7-3-4-8-12(11)21(15)16/h2-9,22H,1H3,(H3,17,18,19,20). The number of phenols is 1. The van der Waals surface area contributed by atoms with Crippen LogP contribution in [-0.4, -0.2) is 20.6 Å². The van der Waals surface area contributed by atoms with Crippen LogP contribution in [0.4, 0.5) is 5.95 Å². The smallest absolute Gasteiger partial charge is 0.213 e. The van der Waals surface area contributed by atoms with Crippen molar-refractivity contribution < 1.29 is 5.11 Å². The number of hydrogen-bond donors (Lipinski definition) is 3. The normalized spacial score (nSPS) is 20.3. The Bertz CT molecular complexity index is 914. The average molecular weight is 293 g/mol. The van der Waals surface area contributed by atoms with Crippen molar-refractivity contribution in [3.63, 3.8) is 0 Å². The van der Waals surface area contributed by atoms with Gasteiger partial charge in [-0.25, -0.2) is 9.98 Å². The fourth-order valence-corrected chi connectivity index (χ4v) is 3.03. The molecule has 22 heavy (non-hydrogen) atoms. The molecule has 2 aromatic carbocycles. The maximum atomic E-state index is 10.3. The number of aromatic hydroxyl groups is 1. The Balaban J connectivity index is 2.08. The lowest BCUT2D eigenvalue weighted by atomic mass is 9.99. The molecule has 0 fully saturated rings. The van der Waals surface area contributed by atoms with E-state index in [0.29, 0.717) is 11.5 Å². The lowest BCUT2D eigenvalue weighted by Gasteiger charge is -2.34. The molecule has 4 rings (SSSR count). The van der Waals surface area contributed by atoms with Gasteiger partial charge in [-0.05, 0) is 25.1 Å². The zero-order chi connectivity index (χ0) is 15.3. The van der Waals surface area contributed by atoms with E-state index < -0.39 is 5.66 Å². The average Bonchev–Trinajstić information content (AvgIpc) is 2.86. The summed E-state index contributed by atoms with van der Waals surface area (Å²) in [5, 5.41) is 13.3. The van der Waals surface area contributed by atoms with Crippen molar-refractivity contribution in [1.29, 1.82) is 0 Å². The summed E-state index contributed by atoms with van der Waals surface area (Å²) in [7, 11) is 0. The van der Waals surface area contributed by atoms with E-state index in [-0.39, 0.29) is 11.7 Å². The Morgan fingerprint density at radius 1 is 1.14 bits per heavy atom. The van der Waals surface area contributed by atoms with Crippen LogP contribution >= 0.6 is 0 Å². The first-order chi connectivity index (χ1) is 10.6. The second-order valence-electron chi connectivity index (χ2n) is 5.42. The molecule has 0 saturated heterocycles. The molecule has 0 amide bonds. The van der Waals surface area contributed by atoms with Gasteiger partial charge in [-0.3, -0.25) is 9.88 Å². The summed E-state index contributed by atoms with van der Waals surface area (Å²) in [5.74, 6) is 1.06. The number of para-hydroxylation sites is 3. The van der Waals surface area contributed by atoms with E-state index >= 15 is 0 Å². The van der Waals surface area contributed by atoms with Crippen LogP contribution in [0.2, 0.25) is 0 Å². The van der Waals surface area contributed by atoms with Gasteiger partial charge in [0.15, 0.2) is 11.6 Å². The lowest BCUT2D eigenvalue weighted by Crippen LogP contribution is -2.41. The van der Waals surface area contributed by atoms with Crippen LogP contribution in [0.15, 0.2) is 53.5 Å². The SMILES string of the molecule is CC1(c2ccccc2O)N=C(N)Nc2nc3ccccc3n21. The van der Waals surface area contributed by atoms with Gasteiger partial charge >= 0.3 is 0 Å². The maximum absolute atomic E-state index is 10.3. The Hall–Kier alpha value is -3.02. The van der Waals surface area contributed by atoms with Crippen LogP contribution in [0.3, 0.4) is 0 Å². The zero-order valence-corrected chi connectivity index (χ0v) is 12.0. The number of fused-ring (bicyclic) bond motifs is 3. The van der Waals surface area contributed by atoms with Crippen molar-refractivity contribution in [3.8, 4) is 5.75 Å². The first-order valence-electron chi connectivity index (χ1n) is 6.98. The highest BCUT2D eigenvalue weighted by Gasteiger charge is 2.37. The van der Waals surface area contributed by atoms with Crippen LogP contribution < -0.4 is 11.1 Å². The Morgan fingerprint density at radius 2 is 1.86 bits per heavy atom. The minimum atomic E-state index is -0.869. The minimum absolute atomic E-state index is 0.173. The van der Waals surface area contributed by atoms with Gasteiger partial charge in [0.25, 0.3) is 0 Å². The van der Waals surface area contributed by atoms with Crippen molar-refractivity contribution in [2.45, 2.75) is 12.6 Å². The summed E-state index contributed by atoms with van der Waals surface area (Å²) in [4.78, 5) is 9.12. The number of anilines is 1. The van der Waals surface area contributed by atoms with Crippen molar-refractivity contribution in [1.82, 2.24) is 9.55 Å². The molecule has 0 bridgehead atoms. The van der Waals surface area contributed by atoms with Gasteiger partial charge in [0.05, 0.1) is 11.0 Å². The van der Waals surface area contributed by atoms with E-state index in [1.54, 1.807) is 12.1 Å². The maximum Gasteiger partial charge on any atom is 0.213 e. The molecular weight excluding hydrogens is 278 g/mol. The number of phenolic OH excluding ortho intramolecular Hbond substituents is 1. The fraction of sp³-hybridized carbons (Fsp3) is 0.125. The van der Waals surface area contributed by atoms with Crippen molar-refractivity contribution in [2.24, 2.45) is 10.7 Å². The van der Waals surface area contributed by atoms with Gasteiger partial charge in [-0.1, -0.05) is 30.3 Å². The van der Waals surface area contributed by atoms with E-state index in [4.69, 9.17) is 5.73 Å². The van der Waals surface area contributed by atoms with Crippen molar-refractivity contribution in [3.05, 3.63) is 54.1 Å². The number of guanidine groups is 1. The number of nitrogens with one attached hydrogen (secondary N) is 1. The molecule has 2 heterocycles. The third-order valence-electron chi connectivity index (χ3n) is 3.99. The summed E-state index contributed by atoms with van der Waals surface area (Å²) in [6, 6.07) is 14.9. The molecule has 1 aromatic heterocycles. The molecule has 3 aromatic rings. The number of nitrogens with zero attached hydrogens (tertiary/aromatic N) is 3. The Labute approximate surface area is 126 Å². The van der Waals surface area contributed by atoms with Crippen molar-refractivity contribution >= 4 is 22.9 Å². The van der Waals surface area contributed by atoms with Crippen LogP contribution in [0.5, 0.6) is 5.75 Å². The minimum Gasteiger partial charge on any atom is -0.508 e. The highest BCUT2D eigenvalue weighted by molar-refractivity contribution is 5.95. The Kier molecular flexibility index (Phi) is 2.45. The molecule has 0 saturated carbocycles. The molecule has 6 heteroatoms. The number of aromatic nitrogens is 2. The monoisotopic (exact) mass is 293 g/mol. The molecule has 110 valence electrons. The first-order valence-corrected chi connectivity index (χ1v) is 6.98. The number of aliphatic imine (C=N–C) groups is 1. The van der Waals surface area contributed by atoms with E-state index in [9.17, 15) is 5.11 Å². The van der Waals surface area contributed by atoms with Crippen LogP contribution in [0.1, 0.15) is 12.5 Å². The predicted molar refractivity (Wildman–Crippen MR) is 85.8 cm³/mol. The third-order valence-corrected chi connectivity index (χ3v) is 3.99. The molecule has 4 N–H and O–H groups in total. The molecule has 1 aliphatic heterocycles. The molecule has 0 spiro atoms. The fourth-order valence-electron chi connectivity index (χ4n) is 3.03. The second-order valence-corrected chi connectivity index (χ2v) is 5.42. The number of rotatable bonds is 1. The van der Waals surface area contributed by atoms with Gasteiger partial charge in [0, 0.05) is 5.56 Å². The number of nitrogens with two attached hydrogens (primary N) is 1.